The fraction of sp³-hybridized carbons (Fsp3) is 0.900. The van der Waals surface area contributed by atoms with Crippen LogP contribution in [-0.4, -0.2) is 30.7 Å². The molecule has 0 aliphatic carbocycles. The minimum Gasteiger partial charge on any atom is -0.378 e. The van der Waals surface area contributed by atoms with Gasteiger partial charge in [-0.25, -0.2) is 0 Å². The molecule has 1 heterocycles. The summed E-state index contributed by atoms with van der Waals surface area (Å²) in [6.07, 6.45) is 2.71. The number of nitrogens with one attached hydrogen (secondary N) is 1. The van der Waals surface area contributed by atoms with Crippen molar-refractivity contribution in [2.24, 2.45) is 5.73 Å². The van der Waals surface area contributed by atoms with E-state index in [1.54, 1.807) is 0 Å². The maximum absolute atomic E-state index is 11.5. The molecule has 1 rings (SSSR count). The molecule has 1 fully saturated rings. The molecule has 4 nitrogen and oxygen atoms in total. The van der Waals surface area contributed by atoms with Gasteiger partial charge in [-0.15, -0.1) is 0 Å². The number of carbonyl (C=O) groups excluding carboxylic acids is 1. The summed E-state index contributed by atoms with van der Waals surface area (Å²) >= 11 is 0. The average molecular weight is 200 g/mol. The fourth-order valence-corrected chi connectivity index (χ4v) is 1.62. The molecule has 0 aromatic rings. The van der Waals surface area contributed by atoms with Crippen molar-refractivity contribution in [3.63, 3.8) is 0 Å². The number of rotatable bonds is 3. The molecular weight excluding hydrogens is 180 g/mol. The highest BCUT2D eigenvalue weighted by Crippen LogP contribution is 2.13. The van der Waals surface area contributed by atoms with Crippen LogP contribution in [0.2, 0.25) is 0 Å². The normalized spacial score (nSPS) is 29.6. The molecule has 0 aromatic carbocycles. The third kappa shape index (κ3) is 3.27. The average Bonchev–Trinajstić information content (AvgIpc) is 2.16. The molecule has 0 aromatic heterocycles. The highest BCUT2D eigenvalue weighted by atomic mass is 16.5. The van der Waals surface area contributed by atoms with E-state index in [0.29, 0.717) is 6.42 Å². The van der Waals surface area contributed by atoms with Crippen LogP contribution in [0.25, 0.3) is 0 Å². The lowest BCUT2D eigenvalue weighted by Crippen LogP contribution is -2.47. The second kappa shape index (κ2) is 5.32. The third-order valence-electron chi connectivity index (χ3n) is 2.61. The third-order valence-corrected chi connectivity index (χ3v) is 2.61. The van der Waals surface area contributed by atoms with Crippen molar-refractivity contribution in [2.45, 2.75) is 51.3 Å². The van der Waals surface area contributed by atoms with Crippen molar-refractivity contribution >= 4 is 5.91 Å². The van der Waals surface area contributed by atoms with Crippen LogP contribution in [0, 0.1) is 0 Å². The molecule has 82 valence electrons. The van der Waals surface area contributed by atoms with Crippen molar-refractivity contribution < 1.29 is 9.53 Å². The SMILES string of the molecule is CCC(N)C(=O)NC1CCOC(C)C1. The Balaban J connectivity index is 2.32. The van der Waals surface area contributed by atoms with E-state index < -0.39 is 0 Å². The first kappa shape index (κ1) is 11.5. The van der Waals surface area contributed by atoms with E-state index in [1.165, 1.54) is 0 Å². The van der Waals surface area contributed by atoms with Gasteiger partial charge in [0.1, 0.15) is 0 Å². The van der Waals surface area contributed by atoms with Gasteiger partial charge in [-0.3, -0.25) is 4.79 Å². The molecule has 0 saturated carbocycles. The summed E-state index contributed by atoms with van der Waals surface area (Å²) in [6, 6.07) is -0.128. The molecule has 1 aliphatic rings. The molecule has 0 bridgehead atoms. The van der Waals surface area contributed by atoms with Gasteiger partial charge < -0.3 is 15.8 Å². The molecule has 1 aliphatic heterocycles. The van der Waals surface area contributed by atoms with Crippen LogP contribution < -0.4 is 11.1 Å². The predicted octanol–water partition coefficient (Wildman–Crippen LogP) is 0.407. The number of hydrogen-bond acceptors (Lipinski definition) is 3. The number of hydrogen-bond donors (Lipinski definition) is 2. The van der Waals surface area contributed by atoms with Crippen molar-refractivity contribution in [3.8, 4) is 0 Å². The molecular formula is C10H20N2O2. The lowest BCUT2D eigenvalue weighted by Gasteiger charge is -2.28. The lowest BCUT2D eigenvalue weighted by molar-refractivity contribution is -0.124. The summed E-state index contributed by atoms with van der Waals surface area (Å²) in [5.74, 6) is -0.0356. The molecule has 3 unspecified atom stereocenters. The highest BCUT2D eigenvalue weighted by Gasteiger charge is 2.22. The first-order valence-corrected chi connectivity index (χ1v) is 5.31. The minimum absolute atomic E-state index is 0.0356. The second-order valence-electron chi connectivity index (χ2n) is 3.93. The predicted molar refractivity (Wildman–Crippen MR) is 54.8 cm³/mol. The quantitative estimate of drug-likeness (QED) is 0.693. The number of carbonyl (C=O) groups is 1. The maximum atomic E-state index is 11.5. The van der Waals surface area contributed by atoms with Crippen LogP contribution in [0.4, 0.5) is 0 Å². The van der Waals surface area contributed by atoms with E-state index >= 15 is 0 Å². The van der Waals surface area contributed by atoms with Crippen LogP contribution >= 0.6 is 0 Å². The molecule has 0 spiro atoms. The molecule has 14 heavy (non-hydrogen) atoms. The summed E-state index contributed by atoms with van der Waals surface area (Å²) in [5.41, 5.74) is 5.63. The maximum Gasteiger partial charge on any atom is 0.237 e. The largest absolute Gasteiger partial charge is 0.378 e. The van der Waals surface area contributed by atoms with Gasteiger partial charge in [0.05, 0.1) is 12.1 Å². The standard InChI is InChI=1S/C10H20N2O2/c1-3-9(11)10(13)12-8-4-5-14-7(2)6-8/h7-9H,3-6,11H2,1-2H3,(H,12,13). The van der Waals surface area contributed by atoms with Crippen molar-refractivity contribution in [1.82, 2.24) is 5.32 Å². The number of ether oxygens (including phenoxy) is 1. The Morgan fingerprint density at radius 3 is 3.00 bits per heavy atom. The van der Waals surface area contributed by atoms with Gasteiger partial charge in [-0.1, -0.05) is 6.92 Å². The Labute approximate surface area is 85.2 Å². The van der Waals surface area contributed by atoms with Crippen molar-refractivity contribution in [1.29, 1.82) is 0 Å². The summed E-state index contributed by atoms with van der Waals surface area (Å²) in [7, 11) is 0. The van der Waals surface area contributed by atoms with Gasteiger partial charge in [0.15, 0.2) is 0 Å². The first-order valence-electron chi connectivity index (χ1n) is 5.31. The Bertz CT molecular complexity index is 197. The van der Waals surface area contributed by atoms with Crippen LogP contribution in [0.5, 0.6) is 0 Å². The monoisotopic (exact) mass is 200 g/mol. The van der Waals surface area contributed by atoms with Crippen molar-refractivity contribution in [2.75, 3.05) is 6.61 Å². The number of amides is 1. The zero-order valence-corrected chi connectivity index (χ0v) is 8.95. The molecule has 3 atom stereocenters. The fourth-order valence-electron chi connectivity index (χ4n) is 1.62. The van der Waals surface area contributed by atoms with Gasteiger partial charge in [-0.05, 0) is 26.2 Å². The van der Waals surface area contributed by atoms with E-state index in [9.17, 15) is 4.79 Å². The zero-order valence-electron chi connectivity index (χ0n) is 8.95. The summed E-state index contributed by atoms with van der Waals surface area (Å²) < 4.78 is 5.39. The zero-order chi connectivity index (χ0) is 10.6. The van der Waals surface area contributed by atoms with Gasteiger partial charge in [0.2, 0.25) is 5.91 Å². The Morgan fingerprint density at radius 1 is 1.71 bits per heavy atom. The smallest absolute Gasteiger partial charge is 0.237 e. The van der Waals surface area contributed by atoms with E-state index in [-0.39, 0.29) is 24.1 Å². The second-order valence-corrected chi connectivity index (χ2v) is 3.93. The Kier molecular flexibility index (Phi) is 4.35. The Morgan fingerprint density at radius 2 is 2.43 bits per heavy atom. The van der Waals surface area contributed by atoms with Gasteiger partial charge in [-0.2, -0.15) is 0 Å². The van der Waals surface area contributed by atoms with Crippen LogP contribution in [0.15, 0.2) is 0 Å². The topological polar surface area (TPSA) is 64.4 Å². The van der Waals surface area contributed by atoms with Gasteiger partial charge >= 0.3 is 0 Å². The first-order chi connectivity index (χ1) is 6.63. The lowest BCUT2D eigenvalue weighted by atomic mass is 10.0. The van der Waals surface area contributed by atoms with Crippen LogP contribution in [-0.2, 0) is 9.53 Å². The van der Waals surface area contributed by atoms with E-state index in [1.807, 2.05) is 13.8 Å². The highest BCUT2D eigenvalue weighted by molar-refractivity contribution is 5.81. The summed E-state index contributed by atoms with van der Waals surface area (Å²) in [5, 5.41) is 2.96. The van der Waals surface area contributed by atoms with Gasteiger partial charge in [0.25, 0.3) is 0 Å². The summed E-state index contributed by atoms with van der Waals surface area (Å²) in [4.78, 5) is 11.5. The molecule has 4 heteroatoms. The van der Waals surface area contributed by atoms with Crippen LogP contribution in [0.3, 0.4) is 0 Å². The van der Waals surface area contributed by atoms with E-state index in [0.717, 1.165) is 19.4 Å². The Hall–Kier alpha value is -0.610. The molecule has 3 N–H and O–H groups in total. The van der Waals surface area contributed by atoms with Gasteiger partial charge in [0, 0.05) is 12.6 Å². The van der Waals surface area contributed by atoms with Crippen molar-refractivity contribution in [3.05, 3.63) is 0 Å². The van der Waals surface area contributed by atoms with Crippen LogP contribution in [0.1, 0.15) is 33.1 Å². The van der Waals surface area contributed by atoms with E-state index in [2.05, 4.69) is 5.32 Å². The van der Waals surface area contributed by atoms with E-state index in [4.69, 9.17) is 10.5 Å². The molecule has 1 amide bonds. The number of nitrogens with two attached hydrogens (primary N) is 1. The molecule has 1 saturated heterocycles. The summed E-state index contributed by atoms with van der Waals surface area (Å²) in [6.45, 7) is 4.67. The molecule has 0 radical (unpaired) electrons. The minimum atomic E-state index is -0.367.